The highest BCUT2D eigenvalue weighted by molar-refractivity contribution is 7.98. The first-order valence-corrected chi connectivity index (χ1v) is 10.8. The van der Waals surface area contributed by atoms with E-state index in [2.05, 4.69) is 20.8 Å². The second kappa shape index (κ2) is 8.58. The maximum Gasteiger partial charge on any atom is 0.321 e. The van der Waals surface area contributed by atoms with E-state index in [1.54, 1.807) is 23.1 Å². The van der Waals surface area contributed by atoms with Gasteiger partial charge in [0.15, 0.2) is 11.0 Å². The van der Waals surface area contributed by atoms with Gasteiger partial charge in [0.2, 0.25) is 0 Å². The Labute approximate surface area is 178 Å². The Kier molecular flexibility index (Phi) is 5.71. The number of urea groups is 1. The molecule has 0 atom stereocenters. The number of thioether (sulfide) groups is 1. The van der Waals surface area contributed by atoms with E-state index >= 15 is 0 Å². The summed E-state index contributed by atoms with van der Waals surface area (Å²) in [6, 6.07) is 14.9. The number of hydrogen-bond acceptors (Lipinski definition) is 5. The van der Waals surface area contributed by atoms with Gasteiger partial charge in [-0.1, -0.05) is 36.0 Å². The predicted molar refractivity (Wildman–Crippen MR) is 116 cm³/mol. The standard InChI is InChI=1S/C21H22N6O2S/c1-14-6-3-4-9-17(14)27-18(24-25-21(27)30-2)13-23-19(28)15-7-5-8-16(12-15)26-11-10-22-20(26)29/h3-9,12H,10-11,13H2,1-2H3,(H,22,29)(H,23,28). The third-order valence-electron chi connectivity index (χ3n) is 4.92. The van der Waals surface area contributed by atoms with Crippen molar-refractivity contribution >= 4 is 29.4 Å². The number of aromatic nitrogens is 3. The molecule has 1 fully saturated rings. The second-order valence-electron chi connectivity index (χ2n) is 6.84. The summed E-state index contributed by atoms with van der Waals surface area (Å²) in [6.07, 6.45) is 1.95. The lowest BCUT2D eigenvalue weighted by molar-refractivity contribution is 0.0949. The maximum absolute atomic E-state index is 12.8. The smallest absolute Gasteiger partial charge is 0.321 e. The van der Waals surface area contributed by atoms with Crippen LogP contribution in [0.1, 0.15) is 21.7 Å². The minimum absolute atomic E-state index is 0.150. The van der Waals surface area contributed by atoms with Crippen LogP contribution in [0, 0.1) is 6.92 Å². The average Bonchev–Trinajstić information content (AvgIpc) is 3.38. The lowest BCUT2D eigenvalue weighted by Gasteiger charge is -2.15. The molecule has 0 bridgehead atoms. The molecule has 1 aromatic heterocycles. The van der Waals surface area contributed by atoms with Crippen molar-refractivity contribution in [1.82, 2.24) is 25.4 Å². The molecule has 0 aliphatic carbocycles. The van der Waals surface area contributed by atoms with Crippen LogP contribution in [0.2, 0.25) is 0 Å². The zero-order valence-electron chi connectivity index (χ0n) is 16.8. The number of hydrogen-bond donors (Lipinski definition) is 2. The van der Waals surface area contributed by atoms with Crippen LogP contribution in [-0.2, 0) is 6.54 Å². The van der Waals surface area contributed by atoms with Gasteiger partial charge in [-0.25, -0.2) is 4.79 Å². The van der Waals surface area contributed by atoms with Crippen molar-refractivity contribution in [3.63, 3.8) is 0 Å². The number of para-hydroxylation sites is 1. The highest BCUT2D eigenvalue weighted by Crippen LogP contribution is 2.23. The van der Waals surface area contributed by atoms with Crippen LogP contribution in [-0.4, -0.2) is 46.0 Å². The van der Waals surface area contributed by atoms with Crippen LogP contribution in [0.5, 0.6) is 0 Å². The lowest BCUT2D eigenvalue weighted by atomic mass is 10.1. The normalized spacial score (nSPS) is 13.4. The highest BCUT2D eigenvalue weighted by atomic mass is 32.2. The zero-order chi connectivity index (χ0) is 21.1. The van der Waals surface area contributed by atoms with Gasteiger partial charge in [-0.05, 0) is 43.0 Å². The number of carbonyl (C=O) groups is 2. The number of anilines is 1. The molecular formula is C21H22N6O2S. The third-order valence-corrected chi connectivity index (χ3v) is 5.55. The molecule has 2 aromatic carbocycles. The van der Waals surface area contributed by atoms with Crippen LogP contribution in [0.25, 0.3) is 5.69 Å². The first-order valence-electron chi connectivity index (χ1n) is 9.56. The van der Waals surface area contributed by atoms with Crippen molar-refractivity contribution in [2.45, 2.75) is 18.6 Å². The van der Waals surface area contributed by atoms with Gasteiger partial charge in [0.1, 0.15) is 0 Å². The lowest BCUT2D eigenvalue weighted by Crippen LogP contribution is -2.28. The van der Waals surface area contributed by atoms with E-state index < -0.39 is 0 Å². The van der Waals surface area contributed by atoms with Gasteiger partial charge in [0, 0.05) is 24.3 Å². The summed E-state index contributed by atoms with van der Waals surface area (Å²) in [5, 5.41) is 15.0. The Morgan fingerprint density at radius 1 is 1.20 bits per heavy atom. The first-order chi connectivity index (χ1) is 14.6. The van der Waals surface area contributed by atoms with E-state index in [1.165, 1.54) is 11.8 Å². The van der Waals surface area contributed by atoms with Gasteiger partial charge >= 0.3 is 6.03 Å². The topological polar surface area (TPSA) is 92.2 Å². The van der Waals surface area contributed by atoms with Gasteiger partial charge in [0.25, 0.3) is 5.91 Å². The summed E-state index contributed by atoms with van der Waals surface area (Å²) in [5.41, 5.74) is 3.26. The second-order valence-corrected chi connectivity index (χ2v) is 7.61. The molecule has 0 spiro atoms. The number of nitrogens with one attached hydrogen (secondary N) is 2. The molecule has 2 N–H and O–H groups in total. The Morgan fingerprint density at radius 2 is 2.03 bits per heavy atom. The van der Waals surface area contributed by atoms with Crippen LogP contribution < -0.4 is 15.5 Å². The number of rotatable bonds is 6. The fourth-order valence-corrected chi connectivity index (χ4v) is 3.91. The van der Waals surface area contributed by atoms with Crippen molar-refractivity contribution in [2.24, 2.45) is 0 Å². The molecule has 0 radical (unpaired) electrons. The molecule has 0 unspecified atom stereocenters. The van der Waals surface area contributed by atoms with Crippen molar-refractivity contribution in [3.05, 3.63) is 65.5 Å². The highest BCUT2D eigenvalue weighted by Gasteiger charge is 2.22. The summed E-state index contributed by atoms with van der Waals surface area (Å²) < 4.78 is 1.96. The van der Waals surface area contributed by atoms with Crippen LogP contribution in [0.15, 0.2) is 53.7 Å². The van der Waals surface area contributed by atoms with E-state index in [0.29, 0.717) is 30.2 Å². The van der Waals surface area contributed by atoms with Gasteiger partial charge in [-0.2, -0.15) is 0 Å². The Balaban J connectivity index is 1.53. The largest absolute Gasteiger partial charge is 0.345 e. The molecule has 4 rings (SSSR count). The molecule has 154 valence electrons. The summed E-state index contributed by atoms with van der Waals surface area (Å²) in [7, 11) is 0. The molecule has 0 saturated carbocycles. The van der Waals surface area contributed by atoms with E-state index in [4.69, 9.17) is 0 Å². The monoisotopic (exact) mass is 422 g/mol. The molecular weight excluding hydrogens is 400 g/mol. The summed E-state index contributed by atoms with van der Waals surface area (Å²) in [6.45, 7) is 3.44. The average molecular weight is 423 g/mol. The number of aryl methyl sites for hydroxylation is 1. The minimum atomic E-state index is -0.235. The molecule has 9 heteroatoms. The Hall–Kier alpha value is -3.33. The van der Waals surface area contributed by atoms with Crippen molar-refractivity contribution in [1.29, 1.82) is 0 Å². The molecule has 1 saturated heterocycles. The number of benzene rings is 2. The number of nitrogens with zero attached hydrogens (tertiary/aromatic N) is 4. The van der Waals surface area contributed by atoms with Crippen LogP contribution in [0.3, 0.4) is 0 Å². The first kappa shape index (κ1) is 20.0. The third kappa shape index (κ3) is 3.88. The molecule has 8 nitrogen and oxygen atoms in total. The number of amides is 3. The van der Waals surface area contributed by atoms with E-state index in [1.807, 2.05) is 48.1 Å². The molecule has 3 aromatic rings. The van der Waals surface area contributed by atoms with E-state index in [-0.39, 0.29) is 18.5 Å². The van der Waals surface area contributed by atoms with Gasteiger partial charge in [-0.15, -0.1) is 10.2 Å². The Bertz CT molecular complexity index is 1100. The molecule has 1 aliphatic rings. The van der Waals surface area contributed by atoms with E-state index in [9.17, 15) is 9.59 Å². The predicted octanol–water partition coefficient (Wildman–Crippen LogP) is 2.76. The zero-order valence-corrected chi connectivity index (χ0v) is 17.6. The van der Waals surface area contributed by atoms with Crippen molar-refractivity contribution in [2.75, 3.05) is 24.2 Å². The quantitative estimate of drug-likeness (QED) is 0.596. The molecule has 1 aliphatic heterocycles. The summed E-state index contributed by atoms with van der Waals surface area (Å²) in [5.74, 6) is 0.415. The summed E-state index contributed by atoms with van der Waals surface area (Å²) in [4.78, 5) is 26.3. The minimum Gasteiger partial charge on any atom is -0.345 e. The van der Waals surface area contributed by atoms with Gasteiger partial charge < -0.3 is 10.6 Å². The Morgan fingerprint density at radius 3 is 2.77 bits per heavy atom. The van der Waals surface area contributed by atoms with Crippen LogP contribution >= 0.6 is 11.8 Å². The SMILES string of the molecule is CSc1nnc(CNC(=O)c2cccc(N3CCNC3=O)c2)n1-c1ccccc1C. The molecule has 30 heavy (non-hydrogen) atoms. The van der Waals surface area contributed by atoms with Crippen molar-refractivity contribution < 1.29 is 9.59 Å². The van der Waals surface area contributed by atoms with Crippen LogP contribution in [0.4, 0.5) is 10.5 Å². The maximum atomic E-state index is 12.8. The number of carbonyl (C=O) groups excluding carboxylic acids is 2. The fourth-order valence-electron chi connectivity index (χ4n) is 3.40. The molecule has 3 amide bonds. The van der Waals surface area contributed by atoms with E-state index in [0.717, 1.165) is 16.4 Å². The summed E-state index contributed by atoms with van der Waals surface area (Å²) >= 11 is 1.50. The van der Waals surface area contributed by atoms with Crippen molar-refractivity contribution in [3.8, 4) is 5.69 Å². The van der Waals surface area contributed by atoms with Gasteiger partial charge in [-0.3, -0.25) is 14.3 Å². The fraction of sp³-hybridized carbons (Fsp3) is 0.238. The molecule has 2 heterocycles. The van der Waals surface area contributed by atoms with Gasteiger partial charge in [0.05, 0.1) is 12.2 Å².